The molecular formula is C24H26F3N5O2S2. The predicted molar refractivity (Wildman–Crippen MR) is 135 cm³/mol. The zero-order valence-electron chi connectivity index (χ0n) is 19.9. The third kappa shape index (κ3) is 4.81. The molecule has 2 aliphatic heterocycles. The van der Waals surface area contributed by atoms with Gasteiger partial charge in [-0.25, -0.2) is 18.4 Å². The van der Waals surface area contributed by atoms with Crippen LogP contribution in [0.25, 0.3) is 10.6 Å². The second-order valence-electron chi connectivity index (χ2n) is 9.10. The minimum Gasteiger partial charge on any atom is -0.376 e. The zero-order valence-corrected chi connectivity index (χ0v) is 21.5. The van der Waals surface area contributed by atoms with Crippen LogP contribution in [0.1, 0.15) is 35.6 Å². The van der Waals surface area contributed by atoms with E-state index in [0.717, 1.165) is 54.7 Å². The maximum Gasteiger partial charge on any atom is 0.420 e. The van der Waals surface area contributed by atoms with Gasteiger partial charge in [0.15, 0.2) is 9.84 Å². The summed E-state index contributed by atoms with van der Waals surface area (Å²) in [6.07, 6.45) is -1.89. The average molecular weight is 538 g/mol. The number of nitrogens with zero attached hydrogens (tertiary/aromatic N) is 3. The van der Waals surface area contributed by atoms with Crippen molar-refractivity contribution < 1.29 is 21.6 Å². The van der Waals surface area contributed by atoms with E-state index in [9.17, 15) is 21.6 Å². The first-order chi connectivity index (χ1) is 17.0. The topological polar surface area (TPSA) is 87.2 Å². The summed E-state index contributed by atoms with van der Waals surface area (Å²) in [5.41, 5.74) is 2.87. The maximum absolute atomic E-state index is 13.9. The number of sulfone groups is 1. The summed E-state index contributed by atoms with van der Waals surface area (Å²) < 4.78 is 67.0. The fourth-order valence-electron chi connectivity index (χ4n) is 4.59. The third-order valence-corrected chi connectivity index (χ3v) is 9.54. The molecule has 12 heteroatoms. The Bertz CT molecular complexity index is 1420. The minimum absolute atomic E-state index is 0.0224. The number of benzene rings is 1. The highest BCUT2D eigenvalue weighted by Crippen LogP contribution is 2.44. The summed E-state index contributed by atoms with van der Waals surface area (Å²) in [7, 11) is -1.52. The van der Waals surface area contributed by atoms with Crippen LogP contribution in [-0.4, -0.2) is 49.2 Å². The highest BCUT2D eigenvalue weighted by Gasteiger charge is 2.37. The molecule has 7 nitrogen and oxygen atoms in total. The molecule has 2 aromatic heterocycles. The van der Waals surface area contributed by atoms with Crippen molar-refractivity contribution in [3.63, 3.8) is 0 Å². The van der Waals surface area contributed by atoms with Crippen molar-refractivity contribution in [3.05, 3.63) is 46.6 Å². The fraction of sp³-hybridized carbons (Fsp3) is 0.417. The Balaban J connectivity index is 1.57. The van der Waals surface area contributed by atoms with Crippen LogP contribution in [0.5, 0.6) is 0 Å². The van der Waals surface area contributed by atoms with Crippen LogP contribution in [0.15, 0.2) is 29.3 Å². The van der Waals surface area contributed by atoms with Gasteiger partial charge in [-0.05, 0) is 55.1 Å². The number of alkyl halides is 3. The number of fused-ring (bicyclic) bond motifs is 2. The number of aromatic nitrogens is 2. The molecule has 0 spiro atoms. The summed E-state index contributed by atoms with van der Waals surface area (Å²) in [4.78, 5) is 10.6. The molecule has 0 fully saturated rings. The van der Waals surface area contributed by atoms with E-state index in [2.05, 4.69) is 38.6 Å². The lowest BCUT2D eigenvalue weighted by Crippen LogP contribution is -2.26. The van der Waals surface area contributed by atoms with Gasteiger partial charge in [0.1, 0.15) is 15.5 Å². The van der Waals surface area contributed by atoms with E-state index in [-0.39, 0.29) is 27.2 Å². The molecule has 36 heavy (non-hydrogen) atoms. The maximum atomic E-state index is 13.9. The number of hydrogen-bond donors (Lipinski definition) is 2. The normalized spacial score (nSPS) is 17.6. The van der Waals surface area contributed by atoms with Gasteiger partial charge in [-0.1, -0.05) is 13.0 Å². The lowest BCUT2D eigenvalue weighted by molar-refractivity contribution is -0.137. The predicted octanol–water partition coefficient (Wildman–Crippen LogP) is 5.11. The second-order valence-corrected chi connectivity index (χ2v) is 12.2. The number of anilines is 3. The van der Waals surface area contributed by atoms with Gasteiger partial charge in [0.2, 0.25) is 5.95 Å². The Morgan fingerprint density at radius 1 is 1.22 bits per heavy atom. The number of rotatable bonds is 4. The molecule has 1 aromatic carbocycles. The van der Waals surface area contributed by atoms with Crippen molar-refractivity contribution in [1.29, 1.82) is 0 Å². The van der Waals surface area contributed by atoms with E-state index in [4.69, 9.17) is 0 Å². The first kappa shape index (κ1) is 25.0. The molecule has 192 valence electrons. The van der Waals surface area contributed by atoms with Gasteiger partial charge in [-0.15, -0.1) is 11.3 Å². The van der Waals surface area contributed by atoms with Crippen molar-refractivity contribution in [2.45, 2.75) is 43.8 Å². The van der Waals surface area contributed by atoms with E-state index in [1.165, 1.54) is 17.2 Å². The quantitative estimate of drug-likeness (QED) is 0.479. The molecule has 0 saturated heterocycles. The molecule has 3 aromatic rings. The minimum atomic E-state index is -4.70. The molecule has 0 amide bonds. The Labute approximate surface area is 211 Å². The van der Waals surface area contributed by atoms with Crippen LogP contribution in [0.3, 0.4) is 0 Å². The lowest BCUT2D eigenvalue weighted by atomic mass is 9.95. The molecule has 0 bridgehead atoms. The molecule has 4 heterocycles. The highest BCUT2D eigenvalue weighted by molar-refractivity contribution is 7.91. The summed E-state index contributed by atoms with van der Waals surface area (Å²) in [5.74, 6) is -0.0280. The van der Waals surface area contributed by atoms with E-state index in [1.807, 2.05) is 13.0 Å². The summed E-state index contributed by atoms with van der Waals surface area (Å²) >= 11 is 0.963. The van der Waals surface area contributed by atoms with Gasteiger partial charge < -0.3 is 15.5 Å². The fourth-order valence-corrected chi connectivity index (χ4v) is 7.55. The van der Waals surface area contributed by atoms with E-state index >= 15 is 0 Å². The van der Waals surface area contributed by atoms with Crippen LogP contribution >= 0.6 is 11.3 Å². The van der Waals surface area contributed by atoms with Crippen molar-refractivity contribution >= 4 is 37.8 Å². The van der Waals surface area contributed by atoms with Gasteiger partial charge in [0.05, 0.1) is 16.3 Å². The second kappa shape index (κ2) is 9.31. The molecule has 0 atom stereocenters. The van der Waals surface area contributed by atoms with Crippen molar-refractivity contribution in [2.75, 3.05) is 36.5 Å². The lowest BCUT2D eigenvalue weighted by Gasteiger charge is -2.26. The van der Waals surface area contributed by atoms with E-state index in [0.29, 0.717) is 18.0 Å². The van der Waals surface area contributed by atoms with E-state index < -0.39 is 21.6 Å². The van der Waals surface area contributed by atoms with Crippen LogP contribution < -0.4 is 10.6 Å². The standard InChI is InChI=1S/C24H26F3N5O2S2/c1-3-14-9-16-13-32(2)7-5-15(16)10-18(14)30-23-29-12-17(24(25,26)27)21(31-23)19-11-20-22(35-19)28-6-4-8-36(20,33)34/h9-12,28H,3-8,13H2,1-2H3,(H,29,30,31). The molecule has 0 aliphatic carbocycles. The number of halogens is 3. The van der Waals surface area contributed by atoms with Crippen molar-refractivity contribution in [3.8, 4) is 10.6 Å². The van der Waals surface area contributed by atoms with Crippen molar-refractivity contribution in [2.24, 2.45) is 0 Å². The molecule has 0 saturated carbocycles. The highest BCUT2D eigenvalue weighted by atomic mass is 32.2. The molecule has 0 unspecified atom stereocenters. The number of thiophene rings is 1. The first-order valence-electron chi connectivity index (χ1n) is 11.7. The van der Waals surface area contributed by atoms with E-state index in [1.54, 1.807) is 0 Å². The summed E-state index contributed by atoms with van der Waals surface area (Å²) in [6.45, 7) is 4.23. The molecule has 2 aliphatic rings. The molecule has 2 N–H and O–H groups in total. The molecular weight excluding hydrogens is 511 g/mol. The Kier molecular flexibility index (Phi) is 6.46. The molecule has 5 rings (SSSR count). The third-order valence-electron chi connectivity index (χ3n) is 6.49. The Morgan fingerprint density at radius 2 is 2.03 bits per heavy atom. The average Bonchev–Trinajstić information content (AvgIpc) is 3.20. The monoisotopic (exact) mass is 537 g/mol. The Morgan fingerprint density at radius 3 is 2.78 bits per heavy atom. The van der Waals surface area contributed by atoms with Gasteiger partial charge in [0, 0.05) is 31.5 Å². The SMILES string of the molecule is CCc1cc2c(cc1Nc1ncc(C(F)(F)F)c(-c3cc4c(s3)NCCCS4(=O)=O)n1)CCN(C)C2. The largest absolute Gasteiger partial charge is 0.420 e. The van der Waals surface area contributed by atoms with Gasteiger partial charge in [-0.3, -0.25) is 0 Å². The smallest absolute Gasteiger partial charge is 0.376 e. The summed E-state index contributed by atoms with van der Waals surface area (Å²) in [5, 5.41) is 6.50. The summed E-state index contributed by atoms with van der Waals surface area (Å²) in [6, 6.07) is 5.46. The van der Waals surface area contributed by atoms with Gasteiger partial charge in [0.25, 0.3) is 0 Å². The number of hydrogen-bond acceptors (Lipinski definition) is 8. The van der Waals surface area contributed by atoms with Crippen molar-refractivity contribution in [1.82, 2.24) is 14.9 Å². The van der Waals surface area contributed by atoms with Crippen LogP contribution in [0, 0.1) is 0 Å². The molecule has 0 radical (unpaired) electrons. The first-order valence-corrected chi connectivity index (χ1v) is 14.2. The van der Waals surface area contributed by atoms with Crippen LogP contribution in [-0.2, 0) is 35.4 Å². The van der Waals surface area contributed by atoms with Gasteiger partial charge in [-0.2, -0.15) is 13.2 Å². The van der Waals surface area contributed by atoms with Gasteiger partial charge >= 0.3 is 6.18 Å². The number of likely N-dealkylation sites (N-methyl/N-ethyl adjacent to an activating group) is 1. The van der Waals surface area contributed by atoms with Crippen LogP contribution in [0.2, 0.25) is 0 Å². The Hall–Kier alpha value is -2.70. The number of nitrogens with one attached hydrogen (secondary N) is 2. The van der Waals surface area contributed by atoms with Crippen LogP contribution in [0.4, 0.5) is 29.8 Å². The number of aryl methyl sites for hydroxylation is 1. The zero-order chi connectivity index (χ0) is 25.7.